The van der Waals surface area contributed by atoms with E-state index in [1.54, 1.807) is 30.5 Å². The minimum absolute atomic E-state index is 0.126. The van der Waals surface area contributed by atoms with E-state index in [0.29, 0.717) is 29.9 Å². The molecule has 150 valence electrons. The van der Waals surface area contributed by atoms with Gasteiger partial charge in [0.15, 0.2) is 0 Å². The maximum absolute atomic E-state index is 13.4. The summed E-state index contributed by atoms with van der Waals surface area (Å²) >= 11 is 6.14. The van der Waals surface area contributed by atoms with Crippen molar-refractivity contribution >= 4 is 38.4 Å². The minimum atomic E-state index is -3.87. The van der Waals surface area contributed by atoms with Gasteiger partial charge in [0.1, 0.15) is 10.9 Å². The van der Waals surface area contributed by atoms with Gasteiger partial charge in [0.25, 0.3) is 0 Å². The summed E-state index contributed by atoms with van der Waals surface area (Å²) < 4.78 is 28.0. The Morgan fingerprint density at radius 3 is 2.76 bits per heavy atom. The van der Waals surface area contributed by atoms with E-state index in [4.69, 9.17) is 11.6 Å². The highest BCUT2D eigenvalue weighted by Gasteiger charge is 2.40. The lowest BCUT2D eigenvalue weighted by Gasteiger charge is -2.24. The highest BCUT2D eigenvalue weighted by molar-refractivity contribution is 7.89. The number of para-hydroxylation sites is 1. The molecule has 0 saturated carbocycles. The lowest BCUT2D eigenvalue weighted by molar-refractivity contribution is -0.124. The average molecular weight is 430 g/mol. The van der Waals surface area contributed by atoms with Gasteiger partial charge in [-0.1, -0.05) is 48.0 Å². The first-order valence-electron chi connectivity index (χ1n) is 9.35. The third kappa shape index (κ3) is 3.85. The number of sulfonamides is 1. The summed E-state index contributed by atoms with van der Waals surface area (Å²) in [5.74, 6) is -0.320. The van der Waals surface area contributed by atoms with Gasteiger partial charge >= 0.3 is 0 Å². The van der Waals surface area contributed by atoms with Crippen LogP contribution in [0.15, 0.2) is 65.7 Å². The number of nitrogens with zero attached hydrogens (tertiary/aromatic N) is 2. The fraction of sp³-hybridized carbons (Fsp3) is 0.238. The second-order valence-corrected chi connectivity index (χ2v) is 9.18. The molecule has 0 bridgehead atoms. The van der Waals surface area contributed by atoms with Crippen molar-refractivity contribution in [1.29, 1.82) is 0 Å². The van der Waals surface area contributed by atoms with E-state index in [1.165, 1.54) is 4.31 Å². The zero-order valence-electron chi connectivity index (χ0n) is 15.6. The van der Waals surface area contributed by atoms with Crippen molar-refractivity contribution in [2.24, 2.45) is 0 Å². The molecule has 6 nitrogen and oxygen atoms in total. The van der Waals surface area contributed by atoms with Gasteiger partial charge in [0.05, 0.1) is 5.52 Å². The highest BCUT2D eigenvalue weighted by atomic mass is 35.5. The fourth-order valence-corrected chi connectivity index (χ4v) is 5.67. The number of carbonyl (C=O) groups is 1. The molecule has 2 aromatic carbocycles. The van der Waals surface area contributed by atoms with Gasteiger partial charge in [-0.3, -0.25) is 9.78 Å². The van der Waals surface area contributed by atoms with Crippen molar-refractivity contribution in [3.63, 3.8) is 0 Å². The average Bonchev–Trinajstić information content (AvgIpc) is 3.23. The summed E-state index contributed by atoms with van der Waals surface area (Å²) in [4.78, 5) is 17.2. The molecule has 0 aliphatic carbocycles. The molecular weight excluding hydrogens is 410 g/mol. The summed E-state index contributed by atoms with van der Waals surface area (Å²) in [5.41, 5.74) is 1.20. The van der Waals surface area contributed by atoms with Crippen molar-refractivity contribution in [3.8, 4) is 0 Å². The zero-order valence-corrected chi connectivity index (χ0v) is 17.2. The number of halogens is 1. The number of rotatable bonds is 5. The lowest BCUT2D eigenvalue weighted by atomic mass is 10.2. The molecule has 0 spiro atoms. The predicted molar refractivity (Wildman–Crippen MR) is 112 cm³/mol. The largest absolute Gasteiger partial charge is 0.351 e. The van der Waals surface area contributed by atoms with Gasteiger partial charge in [-0.15, -0.1) is 0 Å². The molecule has 1 fully saturated rings. The van der Waals surface area contributed by atoms with E-state index in [9.17, 15) is 13.2 Å². The van der Waals surface area contributed by atoms with Crippen molar-refractivity contribution in [2.45, 2.75) is 30.3 Å². The summed E-state index contributed by atoms with van der Waals surface area (Å²) in [6, 6.07) is 15.1. The molecular formula is C21H20ClN3O3S. The van der Waals surface area contributed by atoms with E-state index >= 15 is 0 Å². The summed E-state index contributed by atoms with van der Waals surface area (Å²) in [6.45, 7) is 0.550. The first kappa shape index (κ1) is 19.8. The van der Waals surface area contributed by atoms with Crippen molar-refractivity contribution in [3.05, 3.63) is 71.4 Å². The van der Waals surface area contributed by atoms with Crippen LogP contribution in [0.5, 0.6) is 0 Å². The third-order valence-corrected chi connectivity index (χ3v) is 7.41. The maximum Gasteiger partial charge on any atom is 0.245 e. The summed E-state index contributed by atoms with van der Waals surface area (Å²) in [5, 5.41) is 4.13. The number of amides is 1. The van der Waals surface area contributed by atoms with Crippen LogP contribution in [0.25, 0.3) is 10.9 Å². The lowest BCUT2D eigenvalue weighted by Crippen LogP contribution is -2.45. The number of aromatic nitrogens is 1. The highest BCUT2D eigenvalue weighted by Crippen LogP contribution is 2.30. The van der Waals surface area contributed by atoms with Crippen LogP contribution >= 0.6 is 11.6 Å². The first-order valence-corrected chi connectivity index (χ1v) is 11.2. The predicted octanol–water partition coefficient (Wildman–Crippen LogP) is 3.36. The normalized spacial score (nSPS) is 17.5. The molecule has 1 amide bonds. The Balaban J connectivity index is 1.58. The molecule has 1 N–H and O–H groups in total. The molecule has 8 heteroatoms. The molecule has 1 saturated heterocycles. The van der Waals surface area contributed by atoms with Crippen LogP contribution < -0.4 is 5.32 Å². The number of fused-ring (bicyclic) bond motifs is 1. The molecule has 4 rings (SSSR count). The molecule has 1 aliphatic rings. The topological polar surface area (TPSA) is 79.4 Å². The Morgan fingerprint density at radius 1 is 1.14 bits per heavy atom. The van der Waals surface area contributed by atoms with E-state index in [-0.39, 0.29) is 17.3 Å². The number of pyridine rings is 1. The minimum Gasteiger partial charge on any atom is -0.351 e. The molecule has 3 aromatic rings. The molecule has 1 unspecified atom stereocenters. The molecule has 1 aliphatic heterocycles. The van der Waals surface area contributed by atoms with E-state index < -0.39 is 16.1 Å². The van der Waals surface area contributed by atoms with E-state index in [1.807, 2.05) is 30.3 Å². The number of carbonyl (C=O) groups excluding carboxylic acids is 1. The summed E-state index contributed by atoms with van der Waals surface area (Å²) in [7, 11) is -3.87. The fourth-order valence-electron chi connectivity index (χ4n) is 3.64. The Bertz CT molecular complexity index is 1160. The van der Waals surface area contributed by atoms with Gasteiger partial charge < -0.3 is 5.32 Å². The molecule has 2 heterocycles. The van der Waals surface area contributed by atoms with Crippen LogP contribution in [-0.4, -0.2) is 36.2 Å². The van der Waals surface area contributed by atoms with Gasteiger partial charge in [-0.25, -0.2) is 8.42 Å². The Labute approximate surface area is 174 Å². The zero-order chi connectivity index (χ0) is 20.4. The van der Waals surface area contributed by atoms with E-state index in [2.05, 4.69) is 10.3 Å². The number of hydrogen-bond donors (Lipinski definition) is 1. The SMILES string of the molecule is O=C(NCc1ccccc1Cl)C1CCCN1S(=O)(=O)c1cccc2cccnc12. The van der Waals surface area contributed by atoms with E-state index in [0.717, 1.165) is 10.9 Å². The quantitative estimate of drug-likeness (QED) is 0.674. The molecule has 0 radical (unpaired) electrons. The van der Waals surface area contributed by atoms with Crippen LogP contribution in [0.1, 0.15) is 18.4 Å². The second-order valence-electron chi connectivity index (χ2n) is 6.91. The van der Waals surface area contributed by atoms with Gasteiger partial charge in [-0.2, -0.15) is 4.31 Å². The Morgan fingerprint density at radius 2 is 1.93 bits per heavy atom. The van der Waals surface area contributed by atoms with Crippen molar-refractivity contribution < 1.29 is 13.2 Å². The number of benzene rings is 2. The van der Waals surface area contributed by atoms with Crippen LogP contribution in [0, 0.1) is 0 Å². The Hall–Kier alpha value is -2.48. The summed E-state index contributed by atoms with van der Waals surface area (Å²) in [6.07, 6.45) is 2.67. The van der Waals surface area contributed by atoms with Gasteiger partial charge in [0.2, 0.25) is 15.9 Å². The third-order valence-electron chi connectivity index (χ3n) is 5.10. The number of hydrogen-bond acceptors (Lipinski definition) is 4. The van der Waals surface area contributed by atoms with Crippen LogP contribution in [0.3, 0.4) is 0 Å². The van der Waals surface area contributed by atoms with Gasteiger partial charge in [0, 0.05) is 29.7 Å². The van der Waals surface area contributed by atoms with Crippen LogP contribution in [-0.2, 0) is 21.4 Å². The second kappa shape index (κ2) is 8.10. The molecule has 29 heavy (non-hydrogen) atoms. The molecule has 1 atom stereocenters. The maximum atomic E-state index is 13.4. The van der Waals surface area contributed by atoms with Crippen molar-refractivity contribution in [1.82, 2.24) is 14.6 Å². The standard InChI is InChI=1S/C21H20ClN3O3S/c22-17-9-2-1-6-16(17)14-24-21(26)18-10-5-13-25(18)29(27,28)19-11-3-7-15-8-4-12-23-20(15)19/h1-4,6-9,11-12,18H,5,10,13-14H2,(H,24,26). The Kier molecular flexibility index (Phi) is 5.54. The first-order chi connectivity index (χ1) is 14.0. The molecule has 1 aromatic heterocycles. The number of nitrogens with one attached hydrogen (secondary N) is 1. The monoisotopic (exact) mass is 429 g/mol. The smallest absolute Gasteiger partial charge is 0.245 e. The van der Waals surface area contributed by atoms with Crippen molar-refractivity contribution in [2.75, 3.05) is 6.54 Å². The van der Waals surface area contributed by atoms with Gasteiger partial charge in [-0.05, 0) is 36.6 Å². The van der Waals surface area contributed by atoms with Crippen LogP contribution in [0.2, 0.25) is 5.02 Å². The van der Waals surface area contributed by atoms with Crippen LogP contribution in [0.4, 0.5) is 0 Å².